The summed E-state index contributed by atoms with van der Waals surface area (Å²) in [4.78, 5) is 15.3. The highest BCUT2D eigenvalue weighted by Gasteiger charge is 2.45. The van der Waals surface area contributed by atoms with E-state index < -0.39 is 0 Å². The molecular formula is C45H40N4. The van der Waals surface area contributed by atoms with Gasteiger partial charge in [0.05, 0.1) is 11.6 Å². The summed E-state index contributed by atoms with van der Waals surface area (Å²) in [6.45, 7) is 4.81. The molecule has 2 saturated carbocycles. The Hall–Kier alpha value is -5.40. The summed E-state index contributed by atoms with van der Waals surface area (Å²) < 4.78 is 0. The first-order chi connectivity index (χ1) is 23.9. The monoisotopic (exact) mass is 636 g/mol. The fraction of sp³-hybridized carbons (Fsp3) is 0.244. The van der Waals surface area contributed by atoms with Crippen LogP contribution in [0.4, 0.5) is 0 Å². The summed E-state index contributed by atoms with van der Waals surface area (Å²) in [6.07, 6.45) is 6.14. The fourth-order valence-electron chi connectivity index (χ4n) is 8.86. The number of aromatic nitrogens is 3. The van der Waals surface area contributed by atoms with Gasteiger partial charge in [-0.15, -0.1) is 0 Å². The van der Waals surface area contributed by atoms with Gasteiger partial charge in [0.2, 0.25) is 0 Å². The number of fused-ring (bicyclic) bond motifs is 2. The van der Waals surface area contributed by atoms with Crippen LogP contribution < -0.4 is 0 Å². The predicted octanol–water partition coefficient (Wildman–Crippen LogP) is 11.2. The lowest BCUT2D eigenvalue weighted by Crippen LogP contribution is -2.42. The summed E-state index contributed by atoms with van der Waals surface area (Å²) in [7, 11) is 0. The van der Waals surface area contributed by atoms with Crippen molar-refractivity contribution < 1.29 is 0 Å². The summed E-state index contributed by atoms with van der Waals surface area (Å²) in [5.74, 6) is 3.91. The summed E-state index contributed by atoms with van der Waals surface area (Å²) >= 11 is 0. The van der Waals surface area contributed by atoms with E-state index in [0.29, 0.717) is 34.9 Å². The van der Waals surface area contributed by atoms with E-state index in [-0.39, 0.29) is 5.41 Å². The van der Waals surface area contributed by atoms with E-state index in [1.807, 2.05) is 18.2 Å². The Balaban J connectivity index is 1.27. The molecule has 0 N–H and O–H groups in total. The largest absolute Gasteiger partial charge is 0.208 e. The topological polar surface area (TPSA) is 62.5 Å². The normalized spacial score (nSPS) is 21.5. The first-order valence-corrected chi connectivity index (χ1v) is 17.6. The average Bonchev–Trinajstić information content (AvgIpc) is 3.14. The van der Waals surface area contributed by atoms with E-state index in [9.17, 15) is 5.26 Å². The quantitative estimate of drug-likeness (QED) is 0.182. The van der Waals surface area contributed by atoms with Crippen LogP contribution in [0.3, 0.4) is 0 Å². The second-order valence-corrected chi connectivity index (χ2v) is 14.5. The minimum Gasteiger partial charge on any atom is -0.208 e. The molecule has 4 atom stereocenters. The summed E-state index contributed by atoms with van der Waals surface area (Å²) in [5.41, 5.74) is 9.29. The van der Waals surface area contributed by atoms with Gasteiger partial charge in [-0.1, -0.05) is 117 Å². The number of rotatable bonds is 6. The van der Waals surface area contributed by atoms with Gasteiger partial charge in [0, 0.05) is 16.7 Å². The van der Waals surface area contributed by atoms with E-state index in [2.05, 4.69) is 129 Å². The molecule has 0 aliphatic heterocycles. The molecule has 2 aliphatic carbocycles. The van der Waals surface area contributed by atoms with Crippen LogP contribution in [-0.2, 0) is 5.41 Å². The first kappa shape index (κ1) is 30.9. The average molecular weight is 637 g/mol. The molecule has 0 radical (unpaired) electrons. The van der Waals surface area contributed by atoms with E-state index in [0.717, 1.165) is 52.1 Å². The minimum atomic E-state index is 0.0809. The van der Waals surface area contributed by atoms with Crippen LogP contribution in [0.25, 0.3) is 56.4 Å². The Bertz CT molecular complexity index is 2130. The van der Waals surface area contributed by atoms with Gasteiger partial charge in [-0.25, -0.2) is 15.0 Å². The summed E-state index contributed by atoms with van der Waals surface area (Å²) in [6, 6.07) is 46.5. The van der Waals surface area contributed by atoms with Gasteiger partial charge in [-0.2, -0.15) is 5.26 Å². The molecule has 6 aromatic rings. The highest BCUT2D eigenvalue weighted by molar-refractivity contribution is 5.74. The number of nitriles is 1. The highest BCUT2D eigenvalue weighted by atomic mass is 15.0. The van der Waals surface area contributed by atoms with Crippen molar-refractivity contribution in [1.29, 1.82) is 5.26 Å². The van der Waals surface area contributed by atoms with Gasteiger partial charge in [0.15, 0.2) is 17.5 Å². The third-order valence-corrected chi connectivity index (χ3v) is 10.7. The smallest absolute Gasteiger partial charge is 0.164 e. The molecule has 2 aliphatic rings. The Labute approximate surface area is 289 Å². The van der Waals surface area contributed by atoms with E-state index >= 15 is 0 Å². The zero-order valence-electron chi connectivity index (χ0n) is 28.2. The van der Waals surface area contributed by atoms with Crippen LogP contribution in [0, 0.1) is 29.1 Å². The molecule has 8 rings (SSSR count). The second kappa shape index (κ2) is 12.9. The van der Waals surface area contributed by atoms with Crippen LogP contribution in [0.15, 0.2) is 127 Å². The molecule has 4 nitrogen and oxygen atoms in total. The molecule has 2 bridgehead atoms. The molecule has 0 spiro atoms. The van der Waals surface area contributed by atoms with Crippen LogP contribution in [0.2, 0.25) is 0 Å². The SMILES string of the molecule is C[C@@H]1CC2C[C@H](C)CC(c3cc(C#N)cc(-c4nc(-c5ccc(-c6ccccc6)cc5)nc(-c5cccc(-c6ccccc6)c5)n4)c3)(C2)C1. The van der Waals surface area contributed by atoms with Crippen molar-refractivity contribution in [3.05, 3.63) is 139 Å². The molecule has 0 saturated heterocycles. The lowest BCUT2D eigenvalue weighted by molar-refractivity contribution is 0.0780. The molecule has 1 heterocycles. The predicted molar refractivity (Wildman–Crippen MR) is 198 cm³/mol. The third kappa shape index (κ3) is 6.30. The standard InChI is InChI=1S/C45H40N4/c1-30-20-32-21-31(2)27-45(26-30,28-32)41-23-33(29-46)22-40(25-41)44-48-42(37-18-16-36(17-19-37)34-10-5-3-6-11-34)47-43(49-44)39-15-9-14-38(24-39)35-12-7-4-8-13-35/h3-19,22-25,30-32H,20-21,26-28H2,1-2H3/t30-,31+,32?,45?. The van der Waals surface area contributed by atoms with Gasteiger partial charge in [-0.3, -0.25) is 0 Å². The Morgan fingerprint density at radius 2 is 1.02 bits per heavy atom. The molecule has 49 heavy (non-hydrogen) atoms. The molecule has 240 valence electrons. The Kier molecular flexibility index (Phi) is 8.14. The number of hydrogen-bond acceptors (Lipinski definition) is 4. The lowest BCUT2D eigenvalue weighted by Gasteiger charge is -2.50. The first-order valence-electron chi connectivity index (χ1n) is 17.6. The number of benzene rings is 5. The number of nitrogens with zero attached hydrogens (tertiary/aromatic N) is 4. The maximum absolute atomic E-state index is 10.3. The molecule has 4 heteroatoms. The van der Waals surface area contributed by atoms with Crippen molar-refractivity contribution in [1.82, 2.24) is 15.0 Å². The molecular weight excluding hydrogens is 597 g/mol. The van der Waals surface area contributed by atoms with E-state index in [1.54, 1.807) is 0 Å². The summed E-state index contributed by atoms with van der Waals surface area (Å²) in [5, 5.41) is 10.3. The van der Waals surface area contributed by atoms with Crippen molar-refractivity contribution in [3.63, 3.8) is 0 Å². The third-order valence-electron chi connectivity index (χ3n) is 10.7. The van der Waals surface area contributed by atoms with Crippen molar-refractivity contribution in [3.8, 4) is 62.5 Å². The zero-order valence-corrected chi connectivity index (χ0v) is 28.2. The van der Waals surface area contributed by atoms with Gasteiger partial charge < -0.3 is 0 Å². The van der Waals surface area contributed by atoms with E-state index in [4.69, 9.17) is 15.0 Å². The molecule has 2 unspecified atom stereocenters. The Morgan fingerprint density at radius 3 is 1.65 bits per heavy atom. The van der Waals surface area contributed by atoms with Gasteiger partial charge in [0.1, 0.15) is 0 Å². The fourth-order valence-corrected chi connectivity index (χ4v) is 8.86. The van der Waals surface area contributed by atoms with Crippen LogP contribution >= 0.6 is 0 Å². The van der Waals surface area contributed by atoms with Gasteiger partial charge in [-0.05, 0) is 107 Å². The maximum atomic E-state index is 10.3. The van der Waals surface area contributed by atoms with Crippen molar-refractivity contribution >= 4 is 0 Å². The highest BCUT2D eigenvalue weighted by Crippen LogP contribution is 2.54. The van der Waals surface area contributed by atoms with Crippen molar-refractivity contribution in [2.45, 2.75) is 51.4 Å². The van der Waals surface area contributed by atoms with Gasteiger partial charge >= 0.3 is 0 Å². The molecule has 0 amide bonds. The molecule has 2 fully saturated rings. The maximum Gasteiger partial charge on any atom is 0.164 e. The second-order valence-electron chi connectivity index (χ2n) is 14.5. The zero-order chi connectivity index (χ0) is 33.4. The Morgan fingerprint density at radius 1 is 0.510 bits per heavy atom. The van der Waals surface area contributed by atoms with Crippen molar-refractivity contribution in [2.24, 2.45) is 17.8 Å². The minimum absolute atomic E-state index is 0.0809. The van der Waals surface area contributed by atoms with Crippen LogP contribution in [-0.4, -0.2) is 15.0 Å². The number of hydrogen-bond donors (Lipinski definition) is 0. The van der Waals surface area contributed by atoms with Gasteiger partial charge in [0.25, 0.3) is 0 Å². The van der Waals surface area contributed by atoms with Crippen LogP contribution in [0.1, 0.15) is 57.1 Å². The van der Waals surface area contributed by atoms with Crippen LogP contribution in [0.5, 0.6) is 0 Å². The van der Waals surface area contributed by atoms with Crippen molar-refractivity contribution in [2.75, 3.05) is 0 Å². The molecule has 5 aromatic carbocycles. The lowest BCUT2D eigenvalue weighted by atomic mass is 9.54. The molecule has 1 aromatic heterocycles. The van der Waals surface area contributed by atoms with E-state index in [1.165, 1.54) is 30.4 Å².